The summed E-state index contributed by atoms with van der Waals surface area (Å²) < 4.78 is 19.9. The smallest absolute Gasteiger partial charge is 0.360 e. The number of fused-ring (bicyclic) bond motifs is 1. The first-order valence-corrected chi connectivity index (χ1v) is 7.19. The molecule has 0 N–H and O–H groups in total. The third-order valence-corrected chi connectivity index (χ3v) is 3.82. The van der Waals surface area contributed by atoms with Gasteiger partial charge in [0, 0.05) is 5.56 Å². The zero-order chi connectivity index (χ0) is 15.7. The second kappa shape index (κ2) is 5.54. The van der Waals surface area contributed by atoms with E-state index >= 15 is 0 Å². The molecular formula is C14H9FN4O2S. The van der Waals surface area contributed by atoms with Crippen molar-refractivity contribution < 1.29 is 13.9 Å². The Morgan fingerprint density at radius 2 is 2.27 bits per heavy atom. The van der Waals surface area contributed by atoms with Crippen molar-refractivity contribution in [3.05, 3.63) is 41.5 Å². The van der Waals surface area contributed by atoms with Crippen molar-refractivity contribution >= 4 is 22.3 Å². The second-order valence-electron chi connectivity index (χ2n) is 4.22. The monoisotopic (exact) mass is 316 g/mol. The minimum absolute atomic E-state index is 0.0210. The lowest BCUT2D eigenvalue weighted by atomic mass is 10.2. The molecule has 0 radical (unpaired) electrons. The standard InChI is InChI=1S/C14H9FN4O2S/c1-2-21-13(20)11-10(7-16)19-14(17-11)22-12(18-19)8-5-3-4-6-9(8)15/h3-6H,2H2,1H3. The first kappa shape index (κ1) is 14.2. The maximum atomic E-state index is 13.8. The maximum absolute atomic E-state index is 13.8. The molecule has 0 aliphatic heterocycles. The maximum Gasteiger partial charge on any atom is 0.360 e. The van der Waals surface area contributed by atoms with Crippen LogP contribution in [-0.4, -0.2) is 27.2 Å². The zero-order valence-electron chi connectivity index (χ0n) is 11.4. The lowest BCUT2D eigenvalue weighted by Crippen LogP contribution is -2.07. The summed E-state index contributed by atoms with van der Waals surface area (Å²) in [7, 11) is 0. The second-order valence-corrected chi connectivity index (χ2v) is 5.18. The third-order valence-electron chi connectivity index (χ3n) is 2.88. The van der Waals surface area contributed by atoms with E-state index in [-0.39, 0.29) is 18.0 Å². The molecule has 8 heteroatoms. The van der Waals surface area contributed by atoms with Crippen molar-refractivity contribution in [2.24, 2.45) is 0 Å². The molecule has 2 heterocycles. The van der Waals surface area contributed by atoms with Gasteiger partial charge in [0.1, 0.15) is 11.9 Å². The lowest BCUT2D eigenvalue weighted by Gasteiger charge is -1.98. The molecule has 0 spiro atoms. The van der Waals surface area contributed by atoms with Gasteiger partial charge >= 0.3 is 5.97 Å². The Hall–Kier alpha value is -2.79. The van der Waals surface area contributed by atoms with Crippen LogP contribution < -0.4 is 0 Å². The Morgan fingerprint density at radius 1 is 1.50 bits per heavy atom. The van der Waals surface area contributed by atoms with Crippen LogP contribution in [0.4, 0.5) is 4.39 Å². The summed E-state index contributed by atoms with van der Waals surface area (Å²) in [6.45, 7) is 1.85. The largest absolute Gasteiger partial charge is 0.461 e. The Labute approximate surface area is 128 Å². The zero-order valence-corrected chi connectivity index (χ0v) is 12.2. The van der Waals surface area contributed by atoms with E-state index in [9.17, 15) is 14.4 Å². The van der Waals surface area contributed by atoms with Crippen molar-refractivity contribution in [3.63, 3.8) is 0 Å². The van der Waals surface area contributed by atoms with E-state index in [0.29, 0.717) is 15.5 Å². The molecule has 2 aromatic heterocycles. The molecule has 0 atom stereocenters. The van der Waals surface area contributed by atoms with Gasteiger partial charge in [0.2, 0.25) is 4.96 Å². The van der Waals surface area contributed by atoms with Gasteiger partial charge in [0.05, 0.1) is 6.61 Å². The number of aromatic nitrogens is 3. The highest BCUT2D eigenvalue weighted by Crippen LogP contribution is 2.29. The summed E-state index contributed by atoms with van der Waals surface area (Å²) in [6, 6.07) is 8.08. The molecule has 0 amide bonds. The molecule has 110 valence electrons. The highest BCUT2D eigenvalue weighted by Gasteiger charge is 2.23. The van der Waals surface area contributed by atoms with Crippen LogP contribution in [0.1, 0.15) is 23.1 Å². The Balaban J connectivity index is 2.13. The summed E-state index contributed by atoms with van der Waals surface area (Å²) in [5, 5.41) is 13.8. The lowest BCUT2D eigenvalue weighted by molar-refractivity contribution is 0.0520. The van der Waals surface area contributed by atoms with Gasteiger partial charge in [-0.3, -0.25) is 0 Å². The van der Waals surface area contributed by atoms with E-state index in [4.69, 9.17) is 4.74 Å². The number of rotatable bonds is 3. The van der Waals surface area contributed by atoms with Crippen molar-refractivity contribution in [1.29, 1.82) is 5.26 Å². The Bertz CT molecular complexity index is 909. The minimum Gasteiger partial charge on any atom is -0.461 e. The number of imidazole rings is 1. The number of carbonyl (C=O) groups excluding carboxylic acids is 1. The molecule has 1 aromatic carbocycles. The number of hydrogen-bond donors (Lipinski definition) is 0. The fourth-order valence-electron chi connectivity index (χ4n) is 1.93. The van der Waals surface area contributed by atoms with Crippen LogP contribution in [0.15, 0.2) is 24.3 Å². The number of nitrogens with zero attached hydrogens (tertiary/aromatic N) is 4. The summed E-state index contributed by atoms with van der Waals surface area (Å²) in [5.41, 5.74) is 0.218. The summed E-state index contributed by atoms with van der Waals surface area (Å²) >= 11 is 1.09. The van der Waals surface area contributed by atoms with Gasteiger partial charge in [-0.1, -0.05) is 23.5 Å². The molecule has 6 nitrogen and oxygen atoms in total. The van der Waals surface area contributed by atoms with Gasteiger partial charge in [-0.25, -0.2) is 14.2 Å². The number of halogens is 1. The normalized spacial score (nSPS) is 10.6. The first-order chi connectivity index (χ1) is 10.7. The topological polar surface area (TPSA) is 80.3 Å². The number of carbonyl (C=O) groups is 1. The average molecular weight is 316 g/mol. The van der Waals surface area contributed by atoms with Gasteiger partial charge in [-0.2, -0.15) is 14.9 Å². The highest BCUT2D eigenvalue weighted by molar-refractivity contribution is 7.19. The summed E-state index contributed by atoms with van der Waals surface area (Å²) in [4.78, 5) is 16.2. The van der Waals surface area contributed by atoms with E-state index < -0.39 is 11.8 Å². The van der Waals surface area contributed by atoms with Crippen LogP contribution in [0.5, 0.6) is 0 Å². The number of ether oxygens (including phenoxy) is 1. The Kier molecular flexibility index (Phi) is 3.56. The third kappa shape index (κ3) is 2.21. The molecule has 22 heavy (non-hydrogen) atoms. The highest BCUT2D eigenvalue weighted by atomic mass is 32.1. The number of benzene rings is 1. The molecule has 3 aromatic rings. The van der Waals surface area contributed by atoms with Crippen molar-refractivity contribution in [3.8, 4) is 16.6 Å². The van der Waals surface area contributed by atoms with Gasteiger partial charge in [-0.05, 0) is 19.1 Å². The molecule has 0 unspecified atom stereocenters. The van der Waals surface area contributed by atoms with E-state index in [2.05, 4.69) is 10.1 Å². The molecule has 0 fully saturated rings. The molecule has 0 aliphatic rings. The van der Waals surface area contributed by atoms with E-state index in [1.165, 1.54) is 10.6 Å². The van der Waals surface area contributed by atoms with Crippen LogP contribution in [0.3, 0.4) is 0 Å². The minimum atomic E-state index is -0.677. The molecule has 3 rings (SSSR count). The van der Waals surface area contributed by atoms with Gasteiger partial charge in [0.25, 0.3) is 0 Å². The predicted molar refractivity (Wildman–Crippen MR) is 76.9 cm³/mol. The molecular weight excluding hydrogens is 307 g/mol. The van der Waals surface area contributed by atoms with Crippen molar-refractivity contribution in [1.82, 2.24) is 14.6 Å². The summed E-state index contributed by atoms with van der Waals surface area (Å²) in [6.07, 6.45) is 0. The van der Waals surface area contributed by atoms with E-state index in [1.807, 2.05) is 6.07 Å². The van der Waals surface area contributed by atoms with Crippen LogP contribution in [-0.2, 0) is 4.74 Å². The van der Waals surface area contributed by atoms with Gasteiger partial charge in [-0.15, -0.1) is 0 Å². The van der Waals surface area contributed by atoms with Crippen LogP contribution in [0.2, 0.25) is 0 Å². The average Bonchev–Trinajstić information content (AvgIpc) is 3.05. The van der Waals surface area contributed by atoms with Gasteiger partial charge < -0.3 is 4.74 Å². The molecule has 0 saturated carbocycles. The fourth-order valence-corrected chi connectivity index (χ4v) is 2.86. The number of esters is 1. The molecule has 0 aliphatic carbocycles. The summed E-state index contributed by atoms with van der Waals surface area (Å²) in [5.74, 6) is -1.09. The van der Waals surface area contributed by atoms with Crippen LogP contribution in [0.25, 0.3) is 15.5 Å². The number of nitriles is 1. The van der Waals surface area contributed by atoms with Crippen LogP contribution >= 0.6 is 11.3 Å². The number of hydrogen-bond acceptors (Lipinski definition) is 6. The SMILES string of the molecule is CCOC(=O)c1nc2sc(-c3ccccc3F)nn2c1C#N. The van der Waals surface area contributed by atoms with Crippen molar-refractivity contribution in [2.45, 2.75) is 6.92 Å². The van der Waals surface area contributed by atoms with E-state index in [1.54, 1.807) is 25.1 Å². The predicted octanol–water partition coefficient (Wildman–Crippen LogP) is 2.65. The Morgan fingerprint density at radius 3 is 2.95 bits per heavy atom. The van der Waals surface area contributed by atoms with Crippen LogP contribution in [0, 0.1) is 17.1 Å². The van der Waals surface area contributed by atoms with Gasteiger partial charge in [0.15, 0.2) is 16.4 Å². The van der Waals surface area contributed by atoms with E-state index in [0.717, 1.165) is 11.3 Å². The first-order valence-electron chi connectivity index (χ1n) is 6.37. The van der Waals surface area contributed by atoms with Crippen molar-refractivity contribution in [2.75, 3.05) is 6.61 Å². The molecule has 0 saturated heterocycles. The fraction of sp³-hybridized carbons (Fsp3) is 0.143. The molecule has 0 bridgehead atoms. The quantitative estimate of drug-likeness (QED) is 0.694.